The molecule has 6 nitrogen and oxygen atoms in total. The molecule has 3 N–H and O–H groups in total. The Kier molecular flexibility index (Phi) is 3.62. The Balaban J connectivity index is 2.45. The zero-order chi connectivity index (χ0) is 10.6. The second kappa shape index (κ2) is 4.54. The van der Waals surface area contributed by atoms with Crippen LogP contribution in [0.15, 0.2) is 12.4 Å². The first kappa shape index (κ1) is 11.2. The van der Waals surface area contributed by atoms with E-state index in [0.717, 1.165) is 0 Å². The normalized spacial score (nSPS) is 12.2. The summed E-state index contributed by atoms with van der Waals surface area (Å²) in [6, 6.07) is -0.121. The summed E-state index contributed by atoms with van der Waals surface area (Å²) in [7, 11) is -3.42. The molecule has 0 unspecified atom stereocenters. The van der Waals surface area contributed by atoms with E-state index >= 15 is 0 Å². The topological polar surface area (TPSA) is 86.9 Å². The van der Waals surface area contributed by atoms with Gasteiger partial charge in [-0.05, 0) is 13.8 Å². The van der Waals surface area contributed by atoms with Gasteiger partial charge in [-0.3, -0.25) is 0 Å². The summed E-state index contributed by atoms with van der Waals surface area (Å²) in [5.41, 5.74) is 0. The highest BCUT2D eigenvalue weighted by Gasteiger charge is 2.10. The molecule has 0 aliphatic carbocycles. The predicted octanol–water partition coefficient (Wildman–Crippen LogP) is -0.258. The van der Waals surface area contributed by atoms with Crippen LogP contribution in [0.5, 0.6) is 0 Å². The number of aromatic nitrogens is 2. The second-order valence-electron chi connectivity index (χ2n) is 3.13. The van der Waals surface area contributed by atoms with Crippen LogP contribution in [-0.4, -0.2) is 24.4 Å². The summed E-state index contributed by atoms with van der Waals surface area (Å²) in [6.07, 6.45) is 3.21. The van der Waals surface area contributed by atoms with E-state index in [9.17, 15) is 8.42 Å². The van der Waals surface area contributed by atoms with Crippen molar-refractivity contribution in [2.45, 2.75) is 26.4 Å². The SMILES string of the molecule is CC(C)NS(=O)(=O)NCc1ncc[nH]1. The molecule has 1 aromatic heterocycles. The minimum atomic E-state index is -3.42. The lowest BCUT2D eigenvalue weighted by Gasteiger charge is -2.09. The van der Waals surface area contributed by atoms with Crippen LogP contribution < -0.4 is 9.44 Å². The van der Waals surface area contributed by atoms with Crippen molar-refractivity contribution in [2.24, 2.45) is 0 Å². The van der Waals surface area contributed by atoms with Crippen molar-refractivity contribution < 1.29 is 8.42 Å². The van der Waals surface area contributed by atoms with E-state index in [1.165, 1.54) is 0 Å². The molecule has 0 radical (unpaired) electrons. The van der Waals surface area contributed by atoms with Gasteiger partial charge in [0.1, 0.15) is 5.82 Å². The van der Waals surface area contributed by atoms with Gasteiger partial charge >= 0.3 is 0 Å². The van der Waals surface area contributed by atoms with E-state index in [-0.39, 0.29) is 12.6 Å². The minimum Gasteiger partial charge on any atom is -0.347 e. The third-order valence-electron chi connectivity index (χ3n) is 1.38. The third kappa shape index (κ3) is 3.86. The fraction of sp³-hybridized carbons (Fsp3) is 0.571. The maximum absolute atomic E-state index is 11.3. The van der Waals surface area contributed by atoms with Crippen molar-refractivity contribution in [3.8, 4) is 0 Å². The Morgan fingerprint density at radius 1 is 1.57 bits per heavy atom. The molecular weight excluding hydrogens is 204 g/mol. The lowest BCUT2D eigenvalue weighted by Crippen LogP contribution is -2.40. The van der Waals surface area contributed by atoms with Crippen molar-refractivity contribution in [2.75, 3.05) is 0 Å². The Hall–Kier alpha value is -0.920. The van der Waals surface area contributed by atoms with Gasteiger partial charge < -0.3 is 4.98 Å². The molecule has 0 saturated carbocycles. The van der Waals surface area contributed by atoms with E-state index in [1.54, 1.807) is 26.2 Å². The molecule has 80 valence electrons. The summed E-state index contributed by atoms with van der Waals surface area (Å²) in [6.45, 7) is 3.67. The van der Waals surface area contributed by atoms with Gasteiger partial charge in [0.15, 0.2) is 0 Å². The number of rotatable bonds is 5. The molecule has 0 fully saturated rings. The van der Waals surface area contributed by atoms with Crippen LogP contribution in [0.3, 0.4) is 0 Å². The largest absolute Gasteiger partial charge is 0.347 e. The van der Waals surface area contributed by atoms with E-state index < -0.39 is 10.2 Å². The molecule has 1 rings (SSSR count). The van der Waals surface area contributed by atoms with Crippen LogP contribution >= 0.6 is 0 Å². The Bertz CT molecular complexity index is 357. The molecule has 0 aliphatic heterocycles. The zero-order valence-electron chi connectivity index (χ0n) is 8.11. The number of aromatic amines is 1. The molecule has 1 aromatic rings. The molecule has 0 amide bonds. The first-order valence-corrected chi connectivity index (χ1v) is 5.73. The number of imidazole rings is 1. The molecule has 0 bridgehead atoms. The van der Waals surface area contributed by atoms with Gasteiger partial charge in [-0.15, -0.1) is 0 Å². The van der Waals surface area contributed by atoms with Crippen LogP contribution in [0.2, 0.25) is 0 Å². The highest BCUT2D eigenvalue weighted by atomic mass is 32.2. The van der Waals surface area contributed by atoms with Gasteiger partial charge in [-0.2, -0.15) is 17.9 Å². The number of H-pyrrole nitrogens is 1. The van der Waals surface area contributed by atoms with Gasteiger partial charge in [-0.25, -0.2) is 4.98 Å². The zero-order valence-corrected chi connectivity index (χ0v) is 8.93. The number of hydrogen-bond donors (Lipinski definition) is 3. The fourth-order valence-corrected chi connectivity index (χ4v) is 1.94. The summed E-state index contributed by atoms with van der Waals surface area (Å²) in [4.78, 5) is 6.69. The molecule has 0 spiro atoms. The van der Waals surface area contributed by atoms with Gasteiger partial charge in [-0.1, -0.05) is 0 Å². The smallest absolute Gasteiger partial charge is 0.277 e. The second-order valence-corrected chi connectivity index (χ2v) is 4.66. The van der Waals surface area contributed by atoms with E-state index in [2.05, 4.69) is 19.4 Å². The average molecular weight is 218 g/mol. The van der Waals surface area contributed by atoms with Gasteiger partial charge in [0.25, 0.3) is 10.2 Å². The number of nitrogens with one attached hydrogen (secondary N) is 3. The Morgan fingerprint density at radius 2 is 2.29 bits per heavy atom. The minimum absolute atomic E-state index is 0.121. The summed E-state index contributed by atoms with van der Waals surface area (Å²) in [5.74, 6) is 0.583. The number of nitrogens with zero attached hydrogens (tertiary/aromatic N) is 1. The molecule has 14 heavy (non-hydrogen) atoms. The lowest BCUT2D eigenvalue weighted by molar-refractivity contribution is 0.553. The van der Waals surface area contributed by atoms with Crippen molar-refractivity contribution in [3.63, 3.8) is 0 Å². The lowest BCUT2D eigenvalue weighted by atomic mass is 10.4. The van der Waals surface area contributed by atoms with Crippen LogP contribution in [0.25, 0.3) is 0 Å². The number of hydrogen-bond acceptors (Lipinski definition) is 3. The average Bonchev–Trinajstić information content (AvgIpc) is 2.50. The molecule has 0 atom stereocenters. The first-order valence-electron chi connectivity index (χ1n) is 4.25. The van der Waals surface area contributed by atoms with Crippen LogP contribution in [0.4, 0.5) is 0 Å². The molecule has 0 aliphatic rings. The predicted molar refractivity (Wildman–Crippen MR) is 52.6 cm³/mol. The summed E-state index contributed by atoms with van der Waals surface area (Å²) >= 11 is 0. The van der Waals surface area contributed by atoms with Gasteiger partial charge in [0, 0.05) is 18.4 Å². The Morgan fingerprint density at radius 3 is 2.79 bits per heavy atom. The monoisotopic (exact) mass is 218 g/mol. The van der Waals surface area contributed by atoms with Crippen LogP contribution in [-0.2, 0) is 16.8 Å². The van der Waals surface area contributed by atoms with Crippen molar-refractivity contribution >= 4 is 10.2 Å². The maximum atomic E-state index is 11.3. The third-order valence-corrected chi connectivity index (χ3v) is 2.68. The molecule has 1 heterocycles. The quantitative estimate of drug-likeness (QED) is 0.636. The summed E-state index contributed by atoms with van der Waals surface area (Å²) in [5, 5.41) is 0. The molecule has 7 heteroatoms. The van der Waals surface area contributed by atoms with Gasteiger partial charge in [0.05, 0.1) is 6.54 Å². The first-order chi connectivity index (χ1) is 6.49. The standard InChI is InChI=1S/C7H14N4O2S/c1-6(2)11-14(12,13)10-5-7-8-3-4-9-7/h3-4,6,10-11H,5H2,1-2H3,(H,8,9). The molecule has 0 aromatic carbocycles. The van der Waals surface area contributed by atoms with E-state index in [4.69, 9.17) is 0 Å². The van der Waals surface area contributed by atoms with E-state index in [1.807, 2.05) is 0 Å². The van der Waals surface area contributed by atoms with Crippen molar-refractivity contribution in [3.05, 3.63) is 18.2 Å². The van der Waals surface area contributed by atoms with Crippen LogP contribution in [0, 0.1) is 0 Å². The van der Waals surface area contributed by atoms with Gasteiger partial charge in [0.2, 0.25) is 0 Å². The maximum Gasteiger partial charge on any atom is 0.277 e. The summed E-state index contributed by atoms with van der Waals surface area (Å²) < 4.78 is 27.3. The van der Waals surface area contributed by atoms with Crippen LogP contribution in [0.1, 0.15) is 19.7 Å². The molecule has 0 saturated heterocycles. The van der Waals surface area contributed by atoms with Crippen molar-refractivity contribution in [1.29, 1.82) is 0 Å². The fourth-order valence-electron chi connectivity index (χ4n) is 0.910. The van der Waals surface area contributed by atoms with E-state index in [0.29, 0.717) is 5.82 Å². The Labute approximate surface area is 83.3 Å². The highest BCUT2D eigenvalue weighted by Crippen LogP contribution is 1.89. The molecular formula is C7H14N4O2S. The van der Waals surface area contributed by atoms with Crippen molar-refractivity contribution in [1.82, 2.24) is 19.4 Å². The highest BCUT2D eigenvalue weighted by molar-refractivity contribution is 7.87.